The van der Waals surface area contributed by atoms with Crippen LogP contribution in [0.15, 0.2) is 18.2 Å². The van der Waals surface area contributed by atoms with Crippen LogP contribution in [0.2, 0.25) is 0 Å². The molecule has 100 valence electrons. The fraction of sp³-hybridized carbons (Fsp3) is 0.600. The van der Waals surface area contributed by atoms with Gasteiger partial charge in [-0.3, -0.25) is 0 Å². The summed E-state index contributed by atoms with van der Waals surface area (Å²) in [6.45, 7) is 2.26. The second-order valence-electron chi connectivity index (χ2n) is 5.12. The van der Waals surface area contributed by atoms with Crippen LogP contribution in [0, 0.1) is 5.92 Å². The van der Waals surface area contributed by atoms with Crippen LogP contribution in [0.4, 0.5) is 5.69 Å². The number of anilines is 1. The van der Waals surface area contributed by atoms with E-state index in [4.69, 9.17) is 15.2 Å². The van der Waals surface area contributed by atoms with Crippen molar-refractivity contribution in [2.75, 3.05) is 12.8 Å². The maximum atomic E-state index is 6.05. The zero-order valence-electron chi connectivity index (χ0n) is 11.3. The SMILES string of the molecule is CCC1CCCC(Oc2cc(N)cc(OC)c2)C1. The van der Waals surface area contributed by atoms with Crippen LogP contribution in [0.1, 0.15) is 39.0 Å². The first-order valence-electron chi connectivity index (χ1n) is 6.82. The molecule has 3 nitrogen and oxygen atoms in total. The summed E-state index contributed by atoms with van der Waals surface area (Å²) in [5.74, 6) is 2.40. The van der Waals surface area contributed by atoms with Gasteiger partial charge in [0.05, 0.1) is 13.2 Å². The fourth-order valence-corrected chi connectivity index (χ4v) is 2.69. The van der Waals surface area contributed by atoms with Gasteiger partial charge in [0.1, 0.15) is 11.5 Å². The van der Waals surface area contributed by atoms with Gasteiger partial charge in [-0.15, -0.1) is 0 Å². The van der Waals surface area contributed by atoms with E-state index in [2.05, 4.69) is 6.92 Å². The topological polar surface area (TPSA) is 44.5 Å². The van der Waals surface area contributed by atoms with Crippen LogP contribution in [0.3, 0.4) is 0 Å². The van der Waals surface area contributed by atoms with E-state index < -0.39 is 0 Å². The Morgan fingerprint density at radius 1 is 1.22 bits per heavy atom. The van der Waals surface area contributed by atoms with E-state index in [0.29, 0.717) is 11.8 Å². The molecule has 0 radical (unpaired) electrons. The van der Waals surface area contributed by atoms with Gasteiger partial charge in [0.15, 0.2) is 0 Å². The molecule has 1 aromatic carbocycles. The highest BCUT2D eigenvalue weighted by Gasteiger charge is 2.22. The lowest BCUT2D eigenvalue weighted by molar-refractivity contribution is 0.122. The molecule has 1 aliphatic carbocycles. The third-order valence-electron chi connectivity index (χ3n) is 3.75. The molecule has 18 heavy (non-hydrogen) atoms. The van der Waals surface area contributed by atoms with Crippen molar-refractivity contribution in [1.29, 1.82) is 0 Å². The van der Waals surface area contributed by atoms with Crippen molar-refractivity contribution in [3.63, 3.8) is 0 Å². The number of nitrogens with two attached hydrogens (primary N) is 1. The zero-order chi connectivity index (χ0) is 13.0. The quantitative estimate of drug-likeness (QED) is 0.829. The monoisotopic (exact) mass is 249 g/mol. The minimum absolute atomic E-state index is 0.329. The Morgan fingerprint density at radius 3 is 2.72 bits per heavy atom. The molecule has 0 spiro atoms. The summed E-state index contributed by atoms with van der Waals surface area (Å²) in [6.07, 6.45) is 6.50. The Bertz CT molecular complexity index is 392. The molecule has 0 saturated heterocycles. The highest BCUT2D eigenvalue weighted by molar-refractivity contribution is 5.50. The van der Waals surface area contributed by atoms with Crippen LogP contribution in [0.25, 0.3) is 0 Å². The molecule has 2 N–H and O–H groups in total. The molecule has 0 heterocycles. The summed E-state index contributed by atoms with van der Waals surface area (Å²) < 4.78 is 11.3. The maximum absolute atomic E-state index is 6.05. The Hall–Kier alpha value is -1.38. The van der Waals surface area contributed by atoms with E-state index in [-0.39, 0.29) is 0 Å². The first-order valence-corrected chi connectivity index (χ1v) is 6.82. The predicted octanol–water partition coefficient (Wildman–Crippen LogP) is 3.63. The number of methoxy groups -OCH3 is 1. The molecular formula is C15H23NO2. The van der Waals surface area contributed by atoms with Gasteiger partial charge in [-0.1, -0.05) is 19.8 Å². The first-order chi connectivity index (χ1) is 8.71. The molecule has 0 amide bonds. The Labute approximate surface area is 109 Å². The number of ether oxygens (including phenoxy) is 2. The second-order valence-corrected chi connectivity index (χ2v) is 5.12. The molecule has 2 rings (SSSR count). The maximum Gasteiger partial charge on any atom is 0.125 e. The largest absolute Gasteiger partial charge is 0.497 e. The number of hydrogen-bond acceptors (Lipinski definition) is 3. The van der Waals surface area contributed by atoms with Crippen LogP contribution in [0.5, 0.6) is 11.5 Å². The summed E-state index contributed by atoms with van der Waals surface area (Å²) in [6, 6.07) is 5.59. The van der Waals surface area contributed by atoms with Gasteiger partial charge in [-0.25, -0.2) is 0 Å². The molecule has 1 saturated carbocycles. The number of hydrogen-bond donors (Lipinski definition) is 1. The highest BCUT2D eigenvalue weighted by Crippen LogP contribution is 2.31. The van der Waals surface area contributed by atoms with E-state index in [9.17, 15) is 0 Å². The Balaban J connectivity index is 2.02. The summed E-state index contributed by atoms with van der Waals surface area (Å²) in [7, 11) is 1.65. The highest BCUT2D eigenvalue weighted by atomic mass is 16.5. The molecule has 0 aromatic heterocycles. The molecular weight excluding hydrogens is 226 g/mol. The summed E-state index contributed by atoms with van der Waals surface area (Å²) in [4.78, 5) is 0. The molecule has 1 fully saturated rings. The number of benzene rings is 1. The van der Waals surface area contributed by atoms with E-state index in [0.717, 1.165) is 30.3 Å². The average molecular weight is 249 g/mol. The van der Waals surface area contributed by atoms with Crippen molar-refractivity contribution in [1.82, 2.24) is 0 Å². The second kappa shape index (κ2) is 5.98. The standard InChI is InChI=1S/C15H23NO2/c1-3-11-5-4-6-13(7-11)18-15-9-12(16)8-14(10-15)17-2/h8-11,13H,3-7,16H2,1-2H3. The lowest BCUT2D eigenvalue weighted by atomic mass is 9.85. The van der Waals surface area contributed by atoms with Crippen molar-refractivity contribution >= 4 is 5.69 Å². The molecule has 1 aliphatic rings. The molecule has 3 heteroatoms. The summed E-state index contributed by atoms with van der Waals surface area (Å²) in [5.41, 5.74) is 6.52. The lowest BCUT2D eigenvalue weighted by Crippen LogP contribution is -2.25. The van der Waals surface area contributed by atoms with E-state index in [1.54, 1.807) is 7.11 Å². The Morgan fingerprint density at radius 2 is 2.00 bits per heavy atom. The van der Waals surface area contributed by atoms with Gasteiger partial charge in [0.25, 0.3) is 0 Å². The summed E-state index contributed by atoms with van der Waals surface area (Å²) in [5, 5.41) is 0. The normalized spacial score (nSPS) is 23.7. The van der Waals surface area contributed by atoms with Crippen molar-refractivity contribution in [3.05, 3.63) is 18.2 Å². The third kappa shape index (κ3) is 3.31. The van der Waals surface area contributed by atoms with Crippen LogP contribution in [-0.2, 0) is 0 Å². The van der Waals surface area contributed by atoms with Gasteiger partial charge in [0, 0.05) is 23.9 Å². The lowest BCUT2D eigenvalue weighted by Gasteiger charge is -2.29. The van der Waals surface area contributed by atoms with Crippen molar-refractivity contribution in [2.45, 2.75) is 45.1 Å². The van der Waals surface area contributed by atoms with Crippen molar-refractivity contribution < 1.29 is 9.47 Å². The van der Waals surface area contributed by atoms with Crippen LogP contribution >= 0.6 is 0 Å². The molecule has 2 atom stereocenters. The minimum atomic E-state index is 0.329. The zero-order valence-corrected chi connectivity index (χ0v) is 11.3. The van der Waals surface area contributed by atoms with Gasteiger partial charge in [-0.05, 0) is 25.2 Å². The van der Waals surface area contributed by atoms with E-state index >= 15 is 0 Å². The number of rotatable bonds is 4. The van der Waals surface area contributed by atoms with Crippen LogP contribution < -0.4 is 15.2 Å². The van der Waals surface area contributed by atoms with Crippen LogP contribution in [-0.4, -0.2) is 13.2 Å². The predicted molar refractivity (Wildman–Crippen MR) is 74.1 cm³/mol. The minimum Gasteiger partial charge on any atom is -0.497 e. The molecule has 0 bridgehead atoms. The number of nitrogen functional groups attached to an aromatic ring is 1. The van der Waals surface area contributed by atoms with Gasteiger partial charge in [0.2, 0.25) is 0 Å². The van der Waals surface area contributed by atoms with Crippen molar-refractivity contribution in [3.8, 4) is 11.5 Å². The summed E-state index contributed by atoms with van der Waals surface area (Å²) >= 11 is 0. The van der Waals surface area contributed by atoms with Crippen molar-refractivity contribution in [2.24, 2.45) is 5.92 Å². The smallest absolute Gasteiger partial charge is 0.125 e. The molecule has 0 aliphatic heterocycles. The average Bonchev–Trinajstić information content (AvgIpc) is 2.38. The molecule has 2 unspecified atom stereocenters. The third-order valence-corrected chi connectivity index (χ3v) is 3.75. The van der Waals surface area contributed by atoms with Gasteiger partial charge in [-0.2, -0.15) is 0 Å². The van der Waals surface area contributed by atoms with E-state index in [1.807, 2.05) is 18.2 Å². The fourth-order valence-electron chi connectivity index (χ4n) is 2.69. The van der Waals surface area contributed by atoms with Gasteiger partial charge >= 0.3 is 0 Å². The molecule has 1 aromatic rings. The van der Waals surface area contributed by atoms with E-state index in [1.165, 1.54) is 19.3 Å². The van der Waals surface area contributed by atoms with Gasteiger partial charge < -0.3 is 15.2 Å². The Kier molecular flexibility index (Phi) is 4.34. The first kappa shape index (κ1) is 13.1.